The quantitative estimate of drug-likeness (QED) is 0.702. The normalized spacial score (nSPS) is 13.6. The van der Waals surface area contributed by atoms with Crippen LogP contribution < -0.4 is 10.6 Å². The summed E-state index contributed by atoms with van der Waals surface area (Å²) in [5.74, 6) is -0.224. The highest BCUT2D eigenvalue weighted by molar-refractivity contribution is 7.13. The topological polar surface area (TPSA) is 104 Å². The maximum Gasteiger partial charge on any atom is 0.409 e. The number of thiazole rings is 1. The first-order valence-corrected chi connectivity index (χ1v) is 11.1. The molecule has 9 nitrogen and oxygen atoms in total. The zero-order chi connectivity index (χ0) is 22.4. The number of rotatable bonds is 5. The summed E-state index contributed by atoms with van der Waals surface area (Å²) in [6.07, 6.45) is -0.283. The summed E-state index contributed by atoms with van der Waals surface area (Å²) in [5, 5.41) is 8.26. The van der Waals surface area contributed by atoms with Gasteiger partial charge in [-0.05, 0) is 31.5 Å². The van der Waals surface area contributed by atoms with Crippen LogP contribution >= 0.6 is 22.9 Å². The molecule has 0 aliphatic carbocycles. The van der Waals surface area contributed by atoms with Crippen molar-refractivity contribution in [2.24, 2.45) is 0 Å². The molecule has 2 heterocycles. The van der Waals surface area contributed by atoms with Gasteiger partial charge in [-0.2, -0.15) is 0 Å². The second kappa shape index (κ2) is 10.5. The Morgan fingerprint density at radius 2 is 1.87 bits per heavy atom. The highest BCUT2D eigenvalue weighted by Gasteiger charge is 2.25. The summed E-state index contributed by atoms with van der Waals surface area (Å²) in [6, 6.07) is 5.03. The minimum atomic E-state index is -0.363. The van der Waals surface area contributed by atoms with Crippen molar-refractivity contribution in [3.05, 3.63) is 39.9 Å². The van der Waals surface area contributed by atoms with Gasteiger partial charge in [0.2, 0.25) is 5.91 Å². The number of hydrogen-bond donors (Lipinski definition) is 2. The van der Waals surface area contributed by atoms with Gasteiger partial charge in [0.15, 0.2) is 5.13 Å². The van der Waals surface area contributed by atoms with E-state index < -0.39 is 0 Å². The molecule has 0 spiro atoms. The molecule has 3 rings (SSSR count). The predicted octanol–water partition coefficient (Wildman–Crippen LogP) is 3.59. The third-order valence-electron chi connectivity index (χ3n) is 4.66. The van der Waals surface area contributed by atoms with Gasteiger partial charge in [-0.1, -0.05) is 17.7 Å². The fourth-order valence-corrected chi connectivity index (χ4v) is 3.84. The number of amides is 4. The average Bonchev–Trinajstić information content (AvgIpc) is 3.17. The van der Waals surface area contributed by atoms with Crippen LogP contribution in [-0.4, -0.2) is 65.6 Å². The Kier molecular flexibility index (Phi) is 7.69. The van der Waals surface area contributed by atoms with E-state index in [9.17, 15) is 14.4 Å². The van der Waals surface area contributed by atoms with E-state index in [-0.39, 0.29) is 24.5 Å². The van der Waals surface area contributed by atoms with Gasteiger partial charge in [0.1, 0.15) is 0 Å². The molecule has 1 aromatic heterocycles. The van der Waals surface area contributed by atoms with E-state index in [2.05, 4.69) is 15.6 Å². The van der Waals surface area contributed by atoms with Crippen molar-refractivity contribution < 1.29 is 19.1 Å². The molecule has 1 aromatic carbocycles. The van der Waals surface area contributed by atoms with Gasteiger partial charge in [-0.15, -0.1) is 11.3 Å². The molecule has 166 valence electrons. The molecule has 0 saturated carbocycles. The Morgan fingerprint density at radius 1 is 1.16 bits per heavy atom. The molecule has 31 heavy (non-hydrogen) atoms. The first kappa shape index (κ1) is 22.8. The average molecular weight is 466 g/mol. The lowest BCUT2D eigenvalue weighted by Crippen LogP contribution is -2.51. The Morgan fingerprint density at radius 3 is 2.55 bits per heavy atom. The van der Waals surface area contributed by atoms with E-state index in [1.807, 2.05) is 13.0 Å². The van der Waals surface area contributed by atoms with Crippen LogP contribution in [0.3, 0.4) is 0 Å². The van der Waals surface area contributed by atoms with E-state index in [4.69, 9.17) is 16.3 Å². The van der Waals surface area contributed by atoms with Crippen molar-refractivity contribution >= 4 is 51.8 Å². The van der Waals surface area contributed by atoms with Gasteiger partial charge in [0.25, 0.3) is 0 Å². The van der Waals surface area contributed by atoms with E-state index >= 15 is 0 Å². The molecular formula is C20H24ClN5O4S. The van der Waals surface area contributed by atoms with Crippen molar-refractivity contribution in [2.45, 2.75) is 20.3 Å². The number of halogens is 1. The number of anilines is 2. The first-order chi connectivity index (χ1) is 14.9. The van der Waals surface area contributed by atoms with Crippen LogP contribution in [0.2, 0.25) is 5.02 Å². The highest BCUT2D eigenvalue weighted by Crippen LogP contribution is 2.21. The lowest BCUT2D eigenvalue weighted by molar-refractivity contribution is -0.115. The summed E-state index contributed by atoms with van der Waals surface area (Å²) >= 11 is 7.33. The molecular weight excluding hydrogens is 442 g/mol. The Hall–Kier alpha value is -2.85. The number of urea groups is 1. The number of hydrogen-bond acceptors (Lipinski definition) is 6. The van der Waals surface area contributed by atoms with E-state index in [1.54, 1.807) is 34.2 Å². The lowest BCUT2D eigenvalue weighted by atomic mass is 10.2. The SMILES string of the molecule is CCOC(=O)N1CCN(C(=O)Nc2nc(CC(=O)Nc3ccc(C)c(Cl)c3)cs2)CC1. The third kappa shape index (κ3) is 6.31. The number of benzene rings is 1. The Balaban J connectivity index is 1.47. The van der Waals surface area contributed by atoms with E-state index in [1.165, 1.54) is 11.3 Å². The van der Waals surface area contributed by atoms with Crippen molar-refractivity contribution in [3.63, 3.8) is 0 Å². The first-order valence-electron chi connectivity index (χ1n) is 9.83. The summed E-state index contributed by atoms with van der Waals surface area (Å²) in [4.78, 5) is 44.0. The van der Waals surface area contributed by atoms with E-state index in [0.717, 1.165) is 5.56 Å². The van der Waals surface area contributed by atoms with Crippen LogP contribution in [0, 0.1) is 6.92 Å². The number of carbonyl (C=O) groups is 3. The summed E-state index contributed by atoms with van der Waals surface area (Å²) in [6.45, 7) is 5.61. The molecule has 0 radical (unpaired) electrons. The number of carbonyl (C=O) groups excluding carboxylic acids is 3. The molecule has 1 fully saturated rings. The highest BCUT2D eigenvalue weighted by atomic mass is 35.5. The molecule has 2 aromatic rings. The maximum atomic E-state index is 12.5. The summed E-state index contributed by atoms with van der Waals surface area (Å²) in [7, 11) is 0. The van der Waals surface area contributed by atoms with Gasteiger partial charge in [0, 0.05) is 42.3 Å². The van der Waals surface area contributed by atoms with Crippen molar-refractivity contribution in [2.75, 3.05) is 43.4 Å². The second-order valence-corrected chi connectivity index (χ2v) is 8.20. The van der Waals surface area contributed by atoms with Crippen LogP contribution in [0.5, 0.6) is 0 Å². The maximum absolute atomic E-state index is 12.5. The van der Waals surface area contributed by atoms with Gasteiger partial charge < -0.3 is 19.9 Å². The minimum Gasteiger partial charge on any atom is -0.450 e. The molecule has 2 N–H and O–H groups in total. The molecule has 1 aliphatic rings. The number of aromatic nitrogens is 1. The van der Waals surface area contributed by atoms with Gasteiger partial charge in [-0.3, -0.25) is 10.1 Å². The largest absolute Gasteiger partial charge is 0.450 e. The monoisotopic (exact) mass is 465 g/mol. The molecule has 0 bridgehead atoms. The zero-order valence-electron chi connectivity index (χ0n) is 17.3. The standard InChI is InChI=1S/C20H24ClN5O4S/c1-3-30-20(29)26-8-6-25(7-9-26)19(28)24-18-23-15(12-31-18)11-17(27)22-14-5-4-13(2)16(21)10-14/h4-5,10,12H,3,6-9,11H2,1-2H3,(H,22,27)(H,23,24,28). The van der Waals surface area contributed by atoms with Crippen LogP contribution in [0.1, 0.15) is 18.2 Å². The van der Waals surface area contributed by atoms with Crippen molar-refractivity contribution in [1.82, 2.24) is 14.8 Å². The lowest BCUT2D eigenvalue weighted by Gasteiger charge is -2.33. The fourth-order valence-electron chi connectivity index (χ4n) is 2.96. The molecule has 4 amide bonds. The van der Waals surface area contributed by atoms with Crippen LogP contribution in [0.15, 0.2) is 23.6 Å². The molecule has 0 atom stereocenters. The summed E-state index contributed by atoms with van der Waals surface area (Å²) in [5.41, 5.74) is 2.11. The zero-order valence-corrected chi connectivity index (χ0v) is 18.9. The predicted molar refractivity (Wildman–Crippen MR) is 120 cm³/mol. The third-order valence-corrected chi connectivity index (χ3v) is 5.87. The van der Waals surface area contributed by atoms with Gasteiger partial charge in [-0.25, -0.2) is 14.6 Å². The minimum absolute atomic E-state index is 0.0794. The summed E-state index contributed by atoms with van der Waals surface area (Å²) < 4.78 is 4.98. The van der Waals surface area contributed by atoms with Gasteiger partial charge in [0.05, 0.1) is 18.7 Å². The number of ether oxygens (including phenoxy) is 1. The fraction of sp³-hybridized carbons (Fsp3) is 0.400. The second-order valence-electron chi connectivity index (χ2n) is 6.94. The molecule has 1 aliphatic heterocycles. The molecule has 0 unspecified atom stereocenters. The van der Waals surface area contributed by atoms with Gasteiger partial charge >= 0.3 is 12.1 Å². The van der Waals surface area contributed by atoms with E-state index in [0.29, 0.717) is 54.3 Å². The number of nitrogens with zero attached hydrogens (tertiary/aromatic N) is 3. The molecule has 11 heteroatoms. The smallest absolute Gasteiger partial charge is 0.409 e. The van der Waals surface area contributed by atoms with Crippen LogP contribution in [0.25, 0.3) is 0 Å². The van der Waals surface area contributed by atoms with Crippen molar-refractivity contribution in [1.29, 1.82) is 0 Å². The number of nitrogens with one attached hydrogen (secondary N) is 2. The van der Waals surface area contributed by atoms with Crippen LogP contribution in [-0.2, 0) is 16.0 Å². The van der Waals surface area contributed by atoms with Crippen LogP contribution in [0.4, 0.5) is 20.4 Å². The molecule has 1 saturated heterocycles. The number of piperazine rings is 1. The Bertz CT molecular complexity index is 959. The number of aryl methyl sites for hydroxylation is 1. The van der Waals surface area contributed by atoms with Crippen molar-refractivity contribution in [3.8, 4) is 0 Å². The Labute approximate surface area is 189 Å².